The van der Waals surface area contributed by atoms with Gasteiger partial charge in [0.25, 0.3) is 0 Å². The van der Waals surface area contributed by atoms with E-state index in [2.05, 4.69) is 11.8 Å². The lowest BCUT2D eigenvalue weighted by Gasteiger charge is -1.92. The molecular formula is C14H8ClF. The summed E-state index contributed by atoms with van der Waals surface area (Å²) in [4.78, 5) is 0. The van der Waals surface area contributed by atoms with Crippen molar-refractivity contribution < 1.29 is 4.39 Å². The molecule has 0 amide bonds. The van der Waals surface area contributed by atoms with Crippen LogP contribution in [0, 0.1) is 17.7 Å². The van der Waals surface area contributed by atoms with Gasteiger partial charge in [0.2, 0.25) is 0 Å². The van der Waals surface area contributed by atoms with E-state index >= 15 is 0 Å². The van der Waals surface area contributed by atoms with Crippen molar-refractivity contribution in [2.75, 3.05) is 0 Å². The van der Waals surface area contributed by atoms with Gasteiger partial charge in [-0.2, -0.15) is 0 Å². The highest BCUT2D eigenvalue weighted by molar-refractivity contribution is 6.30. The zero-order chi connectivity index (χ0) is 11.4. The Hall–Kier alpha value is -1.78. The summed E-state index contributed by atoms with van der Waals surface area (Å²) in [6.45, 7) is 0. The van der Waals surface area contributed by atoms with E-state index in [9.17, 15) is 4.39 Å². The van der Waals surface area contributed by atoms with Gasteiger partial charge in [0, 0.05) is 16.1 Å². The van der Waals surface area contributed by atoms with Gasteiger partial charge in [0.15, 0.2) is 0 Å². The van der Waals surface area contributed by atoms with E-state index < -0.39 is 0 Å². The average Bonchev–Trinajstić information content (AvgIpc) is 2.27. The first-order chi connectivity index (χ1) is 7.74. The van der Waals surface area contributed by atoms with E-state index in [4.69, 9.17) is 11.6 Å². The van der Waals surface area contributed by atoms with Gasteiger partial charge >= 0.3 is 0 Å². The topological polar surface area (TPSA) is 0 Å². The van der Waals surface area contributed by atoms with Crippen LogP contribution in [-0.4, -0.2) is 0 Å². The molecule has 0 aromatic heterocycles. The third kappa shape index (κ3) is 2.85. The molecule has 0 aliphatic carbocycles. The second-order valence-electron chi connectivity index (χ2n) is 3.27. The molecule has 2 rings (SSSR count). The van der Waals surface area contributed by atoms with Crippen molar-refractivity contribution in [3.8, 4) is 11.8 Å². The van der Waals surface area contributed by atoms with Crippen LogP contribution < -0.4 is 0 Å². The van der Waals surface area contributed by atoms with Crippen molar-refractivity contribution in [3.05, 3.63) is 70.5 Å². The van der Waals surface area contributed by atoms with Gasteiger partial charge in [-0.25, -0.2) is 4.39 Å². The fraction of sp³-hybridized carbons (Fsp3) is 0. The zero-order valence-corrected chi connectivity index (χ0v) is 9.13. The minimum Gasteiger partial charge on any atom is -0.207 e. The van der Waals surface area contributed by atoms with E-state index in [1.165, 1.54) is 12.1 Å². The van der Waals surface area contributed by atoms with Crippen molar-refractivity contribution in [1.82, 2.24) is 0 Å². The summed E-state index contributed by atoms with van der Waals surface area (Å²) in [6.07, 6.45) is 0. The minimum atomic E-state index is -0.280. The summed E-state index contributed by atoms with van der Waals surface area (Å²) in [6, 6.07) is 13.4. The van der Waals surface area contributed by atoms with Crippen LogP contribution in [0.15, 0.2) is 48.5 Å². The molecule has 0 aliphatic rings. The quantitative estimate of drug-likeness (QED) is 0.603. The van der Waals surface area contributed by atoms with E-state index in [-0.39, 0.29) is 5.82 Å². The molecule has 0 heterocycles. The van der Waals surface area contributed by atoms with Crippen molar-refractivity contribution in [2.24, 2.45) is 0 Å². The lowest BCUT2D eigenvalue weighted by Crippen LogP contribution is -1.78. The van der Waals surface area contributed by atoms with Crippen LogP contribution >= 0.6 is 11.6 Å². The molecule has 0 N–H and O–H groups in total. The molecule has 0 saturated carbocycles. The molecule has 0 saturated heterocycles. The molecular weight excluding hydrogens is 223 g/mol. The third-order valence-electron chi connectivity index (χ3n) is 2.00. The summed E-state index contributed by atoms with van der Waals surface area (Å²) in [5.41, 5.74) is 1.47. The largest absolute Gasteiger partial charge is 0.207 e. The Bertz CT molecular complexity index is 515. The Morgan fingerprint density at radius 2 is 1.50 bits per heavy atom. The van der Waals surface area contributed by atoms with Crippen LogP contribution in [0.4, 0.5) is 4.39 Å². The monoisotopic (exact) mass is 230 g/mol. The molecule has 2 aromatic rings. The molecule has 0 aliphatic heterocycles. The second-order valence-corrected chi connectivity index (χ2v) is 3.71. The molecule has 0 radical (unpaired) electrons. The average molecular weight is 231 g/mol. The standard InChI is InChI=1S/C14H8ClF/c15-13-5-1-3-11(9-13)7-8-12-4-2-6-14(16)10-12/h1-6,9-10H. The number of hydrogen-bond acceptors (Lipinski definition) is 0. The van der Waals surface area contributed by atoms with Gasteiger partial charge in [0.05, 0.1) is 0 Å². The van der Waals surface area contributed by atoms with Crippen molar-refractivity contribution in [2.45, 2.75) is 0 Å². The van der Waals surface area contributed by atoms with Crippen LogP contribution in [0.1, 0.15) is 11.1 Å². The molecule has 78 valence electrons. The predicted octanol–water partition coefficient (Wildman–Crippen LogP) is 3.88. The fourth-order valence-electron chi connectivity index (χ4n) is 1.28. The van der Waals surface area contributed by atoms with E-state index in [1.54, 1.807) is 24.3 Å². The molecule has 2 heteroatoms. The maximum Gasteiger partial charge on any atom is 0.124 e. The first-order valence-corrected chi connectivity index (χ1v) is 5.15. The van der Waals surface area contributed by atoms with Gasteiger partial charge in [-0.05, 0) is 36.4 Å². The Morgan fingerprint density at radius 3 is 2.12 bits per heavy atom. The van der Waals surface area contributed by atoms with E-state index in [0.717, 1.165) is 5.56 Å². The zero-order valence-electron chi connectivity index (χ0n) is 8.37. The molecule has 0 spiro atoms. The number of rotatable bonds is 0. The molecule has 0 unspecified atom stereocenters. The highest BCUT2D eigenvalue weighted by Crippen LogP contribution is 2.09. The summed E-state index contributed by atoms with van der Waals surface area (Å²) >= 11 is 5.82. The van der Waals surface area contributed by atoms with Crippen molar-refractivity contribution in [1.29, 1.82) is 0 Å². The first kappa shape index (κ1) is 10.7. The third-order valence-corrected chi connectivity index (χ3v) is 2.24. The molecule has 0 fully saturated rings. The Morgan fingerprint density at radius 1 is 0.875 bits per heavy atom. The van der Waals surface area contributed by atoms with Crippen molar-refractivity contribution >= 4 is 11.6 Å². The number of halogens is 2. The second kappa shape index (κ2) is 4.83. The normalized spacial score (nSPS) is 9.38. The van der Waals surface area contributed by atoms with E-state index in [0.29, 0.717) is 10.6 Å². The van der Waals surface area contributed by atoms with E-state index in [1.807, 2.05) is 12.1 Å². The summed E-state index contributed by atoms with van der Waals surface area (Å²) < 4.78 is 12.9. The molecule has 16 heavy (non-hydrogen) atoms. The molecule has 0 atom stereocenters. The van der Waals surface area contributed by atoms with Crippen LogP contribution in [0.25, 0.3) is 0 Å². The fourth-order valence-corrected chi connectivity index (χ4v) is 1.47. The summed E-state index contributed by atoms with van der Waals surface area (Å²) in [5, 5.41) is 0.644. The van der Waals surface area contributed by atoms with Crippen LogP contribution in [-0.2, 0) is 0 Å². The van der Waals surface area contributed by atoms with Crippen LogP contribution in [0.3, 0.4) is 0 Å². The smallest absolute Gasteiger partial charge is 0.124 e. The van der Waals surface area contributed by atoms with Gasteiger partial charge in [-0.15, -0.1) is 0 Å². The van der Waals surface area contributed by atoms with Crippen LogP contribution in [0.2, 0.25) is 5.02 Å². The van der Waals surface area contributed by atoms with Gasteiger partial charge < -0.3 is 0 Å². The first-order valence-electron chi connectivity index (χ1n) is 4.77. The van der Waals surface area contributed by atoms with Gasteiger partial charge in [-0.1, -0.05) is 35.6 Å². The maximum absolute atomic E-state index is 12.9. The lowest BCUT2D eigenvalue weighted by molar-refractivity contribution is 0.627. The summed E-state index contributed by atoms with van der Waals surface area (Å²) in [5.74, 6) is 5.53. The molecule has 2 aromatic carbocycles. The number of hydrogen-bond donors (Lipinski definition) is 0. The molecule has 0 nitrogen and oxygen atoms in total. The van der Waals surface area contributed by atoms with Crippen molar-refractivity contribution in [3.63, 3.8) is 0 Å². The SMILES string of the molecule is Fc1cccc(C#Cc2cccc(Cl)c2)c1. The number of benzene rings is 2. The summed E-state index contributed by atoms with van der Waals surface area (Å²) in [7, 11) is 0. The van der Waals surface area contributed by atoms with Gasteiger partial charge in [0.1, 0.15) is 5.82 Å². The van der Waals surface area contributed by atoms with Gasteiger partial charge in [-0.3, -0.25) is 0 Å². The highest BCUT2D eigenvalue weighted by Gasteiger charge is 1.91. The maximum atomic E-state index is 12.9. The predicted molar refractivity (Wildman–Crippen MR) is 63.8 cm³/mol. The lowest BCUT2D eigenvalue weighted by atomic mass is 10.2. The molecule has 0 bridgehead atoms. The van der Waals surface area contributed by atoms with Crippen LogP contribution in [0.5, 0.6) is 0 Å². The highest BCUT2D eigenvalue weighted by atomic mass is 35.5. The minimum absolute atomic E-state index is 0.280. The Balaban J connectivity index is 2.28. The Kier molecular flexibility index (Phi) is 3.24. The Labute approximate surface area is 98.7 Å².